The van der Waals surface area contributed by atoms with Crippen LogP contribution in [-0.2, 0) is 17.9 Å². The van der Waals surface area contributed by atoms with Crippen LogP contribution in [0.2, 0.25) is 0 Å². The van der Waals surface area contributed by atoms with Crippen LogP contribution in [0.5, 0.6) is 0 Å². The molecular weight excluding hydrogens is 324 g/mol. The predicted octanol–water partition coefficient (Wildman–Crippen LogP) is 1.87. The normalized spacial score (nSPS) is 18.4. The van der Waals surface area contributed by atoms with Crippen molar-refractivity contribution in [2.24, 2.45) is 0 Å². The highest BCUT2D eigenvalue weighted by molar-refractivity contribution is 7.09. The summed E-state index contributed by atoms with van der Waals surface area (Å²) in [6.45, 7) is 5.55. The number of nitrogens with zero attached hydrogens (tertiary/aromatic N) is 3. The molecule has 1 aliphatic rings. The van der Waals surface area contributed by atoms with E-state index < -0.39 is 0 Å². The molecule has 3 heterocycles. The minimum atomic E-state index is 0.0926. The molecule has 6 nitrogen and oxygen atoms in total. The van der Waals surface area contributed by atoms with Crippen molar-refractivity contribution in [3.8, 4) is 0 Å². The summed E-state index contributed by atoms with van der Waals surface area (Å²) in [5, 5.41) is 5.02. The number of likely N-dealkylation sites (N-methyl/N-ethyl adjacent to an activating group) is 1. The molecule has 1 unspecified atom stereocenters. The Morgan fingerprint density at radius 3 is 3.17 bits per heavy atom. The fourth-order valence-corrected chi connectivity index (χ4v) is 3.63. The molecule has 1 amide bonds. The lowest BCUT2D eigenvalue weighted by Gasteiger charge is -2.23. The third kappa shape index (κ3) is 4.66. The third-order valence-electron chi connectivity index (χ3n) is 4.33. The Labute approximate surface area is 146 Å². The van der Waals surface area contributed by atoms with Crippen molar-refractivity contribution in [1.82, 2.24) is 20.1 Å². The van der Waals surface area contributed by atoms with Crippen LogP contribution in [0.15, 0.2) is 28.1 Å². The number of likely N-dealkylation sites (tertiary alicyclic amines) is 1. The van der Waals surface area contributed by atoms with Crippen molar-refractivity contribution in [2.45, 2.75) is 32.5 Å². The maximum Gasteiger partial charge on any atom is 0.234 e. The van der Waals surface area contributed by atoms with Crippen LogP contribution in [0, 0.1) is 6.92 Å². The smallest absolute Gasteiger partial charge is 0.234 e. The topological polar surface area (TPSA) is 61.6 Å². The minimum absolute atomic E-state index is 0.0926. The van der Waals surface area contributed by atoms with Crippen molar-refractivity contribution >= 4 is 17.2 Å². The maximum atomic E-state index is 12.1. The van der Waals surface area contributed by atoms with Crippen LogP contribution in [0.3, 0.4) is 0 Å². The first-order valence-electron chi connectivity index (χ1n) is 8.23. The fourth-order valence-electron chi connectivity index (χ4n) is 2.99. The van der Waals surface area contributed by atoms with E-state index in [9.17, 15) is 4.79 Å². The second-order valence-electron chi connectivity index (χ2n) is 6.31. The number of aromatic nitrogens is 1. The van der Waals surface area contributed by atoms with E-state index >= 15 is 0 Å². The molecule has 1 saturated heterocycles. The number of nitrogens with one attached hydrogen (secondary N) is 1. The molecule has 0 bridgehead atoms. The minimum Gasteiger partial charge on any atom is -0.445 e. The standard InChI is InChI=1S/C17H24N4O2S/c1-13-8-19-17(23-13)12-20(2)14-5-6-21(10-14)11-16(22)18-9-15-4-3-7-24-15/h3-4,7-8,14H,5-6,9-12H2,1-2H3,(H,18,22). The molecular formula is C17H24N4O2S. The largest absolute Gasteiger partial charge is 0.445 e. The summed E-state index contributed by atoms with van der Waals surface area (Å²) in [6.07, 6.45) is 2.82. The quantitative estimate of drug-likeness (QED) is 0.828. The van der Waals surface area contributed by atoms with Gasteiger partial charge in [0, 0.05) is 24.0 Å². The summed E-state index contributed by atoms with van der Waals surface area (Å²) < 4.78 is 5.54. The van der Waals surface area contributed by atoms with Gasteiger partial charge in [-0.15, -0.1) is 11.3 Å². The number of aryl methyl sites for hydroxylation is 1. The number of rotatable bonds is 7. The van der Waals surface area contributed by atoms with Gasteiger partial charge in [-0.2, -0.15) is 0 Å². The summed E-state index contributed by atoms with van der Waals surface area (Å²) in [7, 11) is 2.09. The third-order valence-corrected chi connectivity index (χ3v) is 5.21. The van der Waals surface area contributed by atoms with Crippen molar-refractivity contribution in [3.05, 3.63) is 40.2 Å². The second-order valence-corrected chi connectivity index (χ2v) is 7.35. The zero-order valence-corrected chi connectivity index (χ0v) is 15.0. The van der Waals surface area contributed by atoms with Crippen molar-refractivity contribution in [1.29, 1.82) is 0 Å². The maximum absolute atomic E-state index is 12.1. The Morgan fingerprint density at radius 1 is 1.58 bits per heavy atom. The number of hydrogen-bond donors (Lipinski definition) is 1. The van der Waals surface area contributed by atoms with Crippen LogP contribution in [0.4, 0.5) is 0 Å². The predicted molar refractivity (Wildman–Crippen MR) is 93.7 cm³/mol. The number of carbonyl (C=O) groups excluding carboxylic acids is 1. The van der Waals surface area contributed by atoms with Gasteiger partial charge >= 0.3 is 0 Å². The van der Waals surface area contributed by atoms with Gasteiger partial charge in [-0.3, -0.25) is 14.6 Å². The highest BCUT2D eigenvalue weighted by Gasteiger charge is 2.27. The number of carbonyl (C=O) groups is 1. The highest BCUT2D eigenvalue weighted by atomic mass is 32.1. The number of oxazole rings is 1. The summed E-state index contributed by atoms with van der Waals surface area (Å²) in [6, 6.07) is 4.47. The van der Waals surface area contributed by atoms with Crippen LogP contribution in [0.25, 0.3) is 0 Å². The molecule has 130 valence electrons. The Balaban J connectivity index is 1.40. The zero-order chi connectivity index (χ0) is 16.9. The van der Waals surface area contributed by atoms with Gasteiger partial charge in [0.15, 0.2) is 0 Å². The van der Waals surface area contributed by atoms with Gasteiger partial charge in [-0.25, -0.2) is 4.98 Å². The summed E-state index contributed by atoms with van der Waals surface area (Å²) in [4.78, 5) is 22.0. The number of hydrogen-bond acceptors (Lipinski definition) is 6. The Hall–Kier alpha value is -1.70. The first-order valence-corrected chi connectivity index (χ1v) is 9.11. The highest BCUT2D eigenvalue weighted by Crippen LogP contribution is 2.16. The lowest BCUT2D eigenvalue weighted by atomic mass is 10.2. The first-order chi connectivity index (χ1) is 11.6. The van der Waals surface area contributed by atoms with Gasteiger partial charge in [0.1, 0.15) is 5.76 Å². The molecule has 1 fully saturated rings. The van der Waals surface area contributed by atoms with Gasteiger partial charge in [-0.1, -0.05) is 6.07 Å². The first kappa shape index (κ1) is 17.1. The van der Waals surface area contributed by atoms with Gasteiger partial charge in [0.2, 0.25) is 11.8 Å². The zero-order valence-electron chi connectivity index (χ0n) is 14.2. The Kier molecular flexibility index (Phi) is 5.65. The molecule has 0 saturated carbocycles. The lowest BCUT2D eigenvalue weighted by Crippen LogP contribution is -2.38. The molecule has 2 aromatic rings. The van der Waals surface area contributed by atoms with Crippen molar-refractivity contribution in [3.63, 3.8) is 0 Å². The molecule has 3 rings (SSSR count). The summed E-state index contributed by atoms with van der Waals surface area (Å²) >= 11 is 1.66. The van der Waals surface area contributed by atoms with E-state index in [2.05, 4.69) is 27.1 Å². The van der Waals surface area contributed by atoms with E-state index in [1.165, 1.54) is 4.88 Å². The number of amides is 1. The van der Waals surface area contributed by atoms with Gasteiger partial charge < -0.3 is 9.73 Å². The van der Waals surface area contributed by atoms with Gasteiger partial charge in [0.25, 0.3) is 0 Å². The molecule has 0 spiro atoms. The second kappa shape index (κ2) is 7.92. The summed E-state index contributed by atoms with van der Waals surface area (Å²) in [5.41, 5.74) is 0. The van der Waals surface area contributed by atoms with Crippen LogP contribution in [0.1, 0.15) is 22.9 Å². The molecule has 1 atom stereocenters. The van der Waals surface area contributed by atoms with E-state index in [0.717, 1.165) is 31.2 Å². The Bertz CT molecular complexity index is 655. The molecule has 0 radical (unpaired) electrons. The van der Waals surface area contributed by atoms with E-state index in [4.69, 9.17) is 4.42 Å². The lowest BCUT2D eigenvalue weighted by molar-refractivity contribution is -0.122. The van der Waals surface area contributed by atoms with E-state index in [0.29, 0.717) is 25.7 Å². The molecule has 0 aliphatic carbocycles. The molecule has 24 heavy (non-hydrogen) atoms. The summed E-state index contributed by atoms with van der Waals surface area (Å²) in [5.74, 6) is 1.69. The molecule has 1 N–H and O–H groups in total. The van der Waals surface area contributed by atoms with Crippen LogP contribution < -0.4 is 5.32 Å². The molecule has 2 aromatic heterocycles. The van der Waals surface area contributed by atoms with Crippen molar-refractivity contribution in [2.75, 3.05) is 26.7 Å². The van der Waals surface area contributed by atoms with Crippen LogP contribution in [-0.4, -0.2) is 53.4 Å². The number of thiophene rings is 1. The fraction of sp³-hybridized carbons (Fsp3) is 0.529. The van der Waals surface area contributed by atoms with Gasteiger partial charge in [-0.05, 0) is 31.8 Å². The van der Waals surface area contributed by atoms with Gasteiger partial charge in [0.05, 0.1) is 25.8 Å². The van der Waals surface area contributed by atoms with E-state index in [1.807, 2.05) is 24.4 Å². The molecule has 0 aromatic carbocycles. The van der Waals surface area contributed by atoms with E-state index in [-0.39, 0.29) is 5.91 Å². The average Bonchev–Trinajstić information content (AvgIpc) is 3.27. The SMILES string of the molecule is Cc1cnc(CN(C)C2CCN(CC(=O)NCc3cccs3)C2)o1. The van der Waals surface area contributed by atoms with Crippen LogP contribution >= 0.6 is 11.3 Å². The Morgan fingerprint density at radius 2 is 2.46 bits per heavy atom. The molecule has 1 aliphatic heterocycles. The average molecular weight is 348 g/mol. The van der Waals surface area contributed by atoms with Crippen molar-refractivity contribution < 1.29 is 9.21 Å². The molecule has 7 heteroatoms. The monoisotopic (exact) mass is 348 g/mol. The van der Waals surface area contributed by atoms with E-state index in [1.54, 1.807) is 17.5 Å².